The minimum absolute atomic E-state index is 0.226. The third-order valence-electron chi connectivity index (χ3n) is 3.56. The Hall–Kier alpha value is -3.21. The van der Waals surface area contributed by atoms with Crippen LogP contribution in [0.5, 0.6) is 0 Å². The highest BCUT2D eigenvalue weighted by Gasteiger charge is 2.11. The molecule has 0 saturated heterocycles. The van der Waals surface area contributed by atoms with E-state index in [0.29, 0.717) is 17.7 Å². The molecule has 0 bridgehead atoms. The van der Waals surface area contributed by atoms with Crippen molar-refractivity contribution in [1.82, 2.24) is 10.3 Å². The number of aromatic nitrogens is 1. The van der Waals surface area contributed by atoms with E-state index in [2.05, 4.69) is 15.6 Å². The van der Waals surface area contributed by atoms with Crippen molar-refractivity contribution in [3.8, 4) is 0 Å². The zero-order valence-corrected chi connectivity index (χ0v) is 13.0. The first-order valence-corrected chi connectivity index (χ1v) is 7.66. The fourth-order valence-electron chi connectivity index (χ4n) is 2.40. The number of hydrogen-bond donors (Lipinski definition) is 2. The van der Waals surface area contributed by atoms with E-state index >= 15 is 0 Å². The number of anilines is 1. The molecule has 5 nitrogen and oxygen atoms in total. The number of amides is 2. The molecule has 0 atom stereocenters. The van der Waals surface area contributed by atoms with Crippen LogP contribution in [0.25, 0.3) is 10.9 Å². The summed E-state index contributed by atoms with van der Waals surface area (Å²) in [4.78, 5) is 28.2. The molecule has 0 aliphatic carbocycles. The number of nitrogens with zero attached hydrogens (tertiary/aromatic N) is 1. The van der Waals surface area contributed by atoms with Crippen molar-refractivity contribution in [2.45, 2.75) is 13.0 Å². The lowest BCUT2D eigenvalue weighted by Gasteiger charge is -2.08. The highest BCUT2D eigenvalue weighted by molar-refractivity contribution is 6.06. The summed E-state index contributed by atoms with van der Waals surface area (Å²) < 4.78 is 0. The highest BCUT2D eigenvalue weighted by Crippen LogP contribution is 2.20. The Kier molecular flexibility index (Phi) is 4.81. The molecule has 0 spiro atoms. The van der Waals surface area contributed by atoms with E-state index in [4.69, 9.17) is 0 Å². The molecule has 1 aromatic heterocycles. The van der Waals surface area contributed by atoms with Gasteiger partial charge in [-0.05, 0) is 17.7 Å². The molecule has 24 heavy (non-hydrogen) atoms. The first kappa shape index (κ1) is 15.7. The summed E-state index contributed by atoms with van der Waals surface area (Å²) in [5.74, 6) is -0.678. The van der Waals surface area contributed by atoms with Crippen molar-refractivity contribution < 1.29 is 9.59 Å². The van der Waals surface area contributed by atoms with Crippen LogP contribution in [0.2, 0.25) is 0 Å². The fourth-order valence-corrected chi connectivity index (χ4v) is 2.40. The molecule has 120 valence electrons. The number of nitrogens with one attached hydrogen (secondary N) is 2. The number of para-hydroxylation sites is 1. The van der Waals surface area contributed by atoms with Gasteiger partial charge in [0, 0.05) is 18.1 Å². The van der Waals surface area contributed by atoms with Crippen molar-refractivity contribution in [1.29, 1.82) is 0 Å². The average molecular weight is 319 g/mol. The highest BCUT2D eigenvalue weighted by atomic mass is 16.2. The van der Waals surface area contributed by atoms with Crippen LogP contribution in [-0.2, 0) is 16.1 Å². The quantitative estimate of drug-likeness (QED) is 0.710. The molecule has 2 amide bonds. The molecule has 0 aliphatic rings. The summed E-state index contributed by atoms with van der Waals surface area (Å²) in [5.41, 5.74) is 2.30. The molecule has 2 N–H and O–H groups in total. The summed E-state index contributed by atoms with van der Waals surface area (Å²) in [6.45, 7) is 0.406. The molecular weight excluding hydrogens is 302 g/mol. The lowest BCUT2D eigenvalue weighted by Crippen LogP contribution is -2.27. The number of fused-ring (bicyclic) bond motifs is 1. The minimum Gasteiger partial charge on any atom is -0.352 e. The van der Waals surface area contributed by atoms with Crippen LogP contribution in [-0.4, -0.2) is 16.8 Å². The number of benzene rings is 2. The molecule has 0 aliphatic heterocycles. The molecule has 0 fully saturated rings. The lowest BCUT2D eigenvalue weighted by molar-refractivity contribution is -0.126. The van der Waals surface area contributed by atoms with Crippen LogP contribution in [0.1, 0.15) is 12.0 Å². The van der Waals surface area contributed by atoms with Gasteiger partial charge in [0.1, 0.15) is 6.42 Å². The van der Waals surface area contributed by atoms with Gasteiger partial charge in [-0.3, -0.25) is 14.6 Å². The molecule has 5 heteroatoms. The van der Waals surface area contributed by atoms with Gasteiger partial charge < -0.3 is 10.6 Å². The van der Waals surface area contributed by atoms with E-state index in [1.807, 2.05) is 54.6 Å². The predicted octanol–water partition coefficient (Wildman–Crippen LogP) is 2.88. The molecule has 0 radical (unpaired) electrons. The first-order chi connectivity index (χ1) is 11.7. The first-order valence-electron chi connectivity index (χ1n) is 7.66. The van der Waals surface area contributed by atoms with Crippen LogP contribution in [0.3, 0.4) is 0 Å². The molecule has 3 rings (SSSR count). The Morgan fingerprint density at radius 2 is 1.67 bits per heavy atom. The summed E-state index contributed by atoms with van der Waals surface area (Å²) in [6, 6.07) is 18.9. The van der Waals surface area contributed by atoms with Gasteiger partial charge >= 0.3 is 0 Å². The maximum absolute atomic E-state index is 12.1. The standard InChI is InChI=1S/C19H17N3O2/c23-17(21-13-14-6-2-1-3-7-14)12-18(24)22-16-10-4-8-15-9-5-11-20-19(15)16/h1-11H,12-13H2,(H,21,23)(H,22,24). The van der Waals surface area contributed by atoms with Crippen molar-refractivity contribution in [3.63, 3.8) is 0 Å². The van der Waals surface area contributed by atoms with Gasteiger partial charge in [-0.15, -0.1) is 0 Å². The number of carbonyl (C=O) groups is 2. The molecule has 2 aromatic carbocycles. The second-order valence-corrected chi connectivity index (χ2v) is 5.37. The van der Waals surface area contributed by atoms with Gasteiger partial charge in [0.05, 0.1) is 11.2 Å². The molecule has 1 heterocycles. The number of pyridine rings is 1. The maximum atomic E-state index is 12.1. The lowest BCUT2D eigenvalue weighted by atomic mass is 10.2. The third kappa shape index (κ3) is 3.95. The second-order valence-electron chi connectivity index (χ2n) is 5.37. The molecular formula is C19H17N3O2. The monoisotopic (exact) mass is 319 g/mol. The molecule has 3 aromatic rings. The maximum Gasteiger partial charge on any atom is 0.233 e. The van der Waals surface area contributed by atoms with Crippen molar-refractivity contribution >= 4 is 28.4 Å². The Labute approximate surface area is 139 Å². The second kappa shape index (κ2) is 7.37. The van der Waals surface area contributed by atoms with Crippen molar-refractivity contribution in [2.24, 2.45) is 0 Å². The zero-order valence-electron chi connectivity index (χ0n) is 13.0. The number of carbonyl (C=O) groups excluding carboxylic acids is 2. The van der Waals surface area contributed by atoms with Gasteiger partial charge in [-0.25, -0.2) is 0 Å². The van der Waals surface area contributed by atoms with Gasteiger partial charge in [-0.1, -0.05) is 48.5 Å². The van der Waals surface area contributed by atoms with Crippen LogP contribution >= 0.6 is 0 Å². The van der Waals surface area contributed by atoms with E-state index in [1.54, 1.807) is 12.3 Å². The average Bonchev–Trinajstić information content (AvgIpc) is 2.61. The SMILES string of the molecule is O=C(CC(=O)Nc1cccc2cccnc12)NCc1ccccc1. The number of rotatable bonds is 5. The Morgan fingerprint density at radius 3 is 2.50 bits per heavy atom. The number of hydrogen-bond acceptors (Lipinski definition) is 3. The van der Waals surface area contributed by atoms with Crippen LogP contribution in [0.15, 0.2) is 66.9 Å². The Morgan fingerprint density at radius 1 is 0.875 bits per heavy atom. The summed E-state index contributed by atoms with van der Waals surface area (Å²) in [6.07, 6.45) is 1.45. The Bertz CT molecular complexity index is 857. The van der Waals surface area contributed by atoms with Gasteiger partial charge in [0.15, 0.2) is 0 Å². The fraction of sp³-hybridized carbons (Fsp3) is 0.105. The summed E-state index contributed by atoms with van der Waals surface area (Å²) >= 11 is 0. The van der Waals surface area contributed by atoms with E-state index in [-0.39, 0.29) is 18.2 Å². The predicted molar refractivity (Wildman–Crippen MR) is 93.3 cm³/mol. The van der Waals surface area contributed by atoms with Crippen LogP contribution in [0, 0.1) is 0 Å². The normalized spacial score (nSPS) is 10.3. The van der Waals surface area contributed by atoms with Gasteiger partial charge in [0.25, 0.3) is 0 Å². The topological polar surface area (TPSA) is 71.1 Å². The minimum atomic E-state index is -0.362. The van der Waals surface area contributed by atoms with Gasteiger partial charge in [-0.2, -0.15) is 0 Å². The Balaban J connectivity index is 1.58. The summed E-state index contributed by atoms with van der Waals surface area (Å²) in [7, 11) is 0. The van der Waals surface area contributed by atoms with Crippen molar-refractivity contribution in [3.05, 3.63) is 72.4 Å². The zero-order chi connectivity index (χ0) is 16.8. The summed E-state index contributed by atoms with van der Waals surface area (Å²) in [5, 5.41) is 6.42. The van der Waals surface area contributed by atoms with E-state index in [0.717, 1.165) is 10.9 Å². The van der Waals surface area contributed by atoms with Gasteiger partial charge in [0.2, 0.25) is 11.8 Å². The van der Waals surface area contributed by atoms with E-state index in [9.17, 15) is 9.59 Å². The molecule has 0 unspecified atom stereocenters. The largest absolute Gasteiger partial charge is 0.352 e. The third-order valence-corrected chi connectivity index (χ3v) is 3.56. The smallest absolute Gasteiger partial charge is 0.233 e. The van der Waals surface area contributed by atoms with Crippen LogP contribution < -0.4 is 10.6 Å². The van der Waals surface area contributed by atoms with Crippen LogP contribution in [0.4, 0.5) is 5.69 Å². The van der Waals surface area contributed by atoms with E-state index < -0.39 is 0 Å². The molecule has 0 saturated carbocycles. The van der Waals surface area contributed by atoms with Crippen molar-refractivity contribution in [2.75, 3.05) is 5.32 Å². The van der Waals surface area contributed by atoms with E-state index in [1.165, 1.54) is 0 Å².